The summed E-state index contributed by atoms with van der Waals surface area (Å²) in [5.41, 5.74) is 0.227. The van der Waals surface area contributed by atoms with Crippen molar-refractivity contribution in [3.05, 3.63) is 0 Å². The van der Waals surface area contributed by atoms with E-state index in [0.717, 1.165) is 37.8 Å². The van der Waals surface area contributed by atoms with Crippen LogP contribution in [-0.4, -0.2) is 42.1 Å². The molecule has 1 N–H and O–H groups in total. The lowest BCUT2D eigenvalue weighted by Gasteiger charge is -2.52. The molecular weight excluding hydrogens is 292 g/mol. The molecule has 2 amide bonds. The Morgan fingerprint density at radius 1 is 1.13 bits per heavy atom. The molecule has 2 spiro atoms. The molecule has 5 heteroatoms. The molecule has 1 unspecified atom stereocenters. The first-order valence-electron chi connectivity index (χ1n) is 9.30. The number of nitrogens with one attached hydrogen (secondary N) is 1. The summed E-state index contributed by atoms with van der Waals surface area (Å²) in [5, 5.41) is 2.87. The van der Waals surface area contributed by atoms with Crippen LogP contribution < -0.4 is 5.32 Å². The Bertz CT molecular complexity index is 544. The van der Waals surface area contributed by atoms with Gasteiger partial charge >= 0.3 is 6.09 Å². The lowest BCUT2D eigenvalue weighted by atomic mass is 9.67. The van der Waals surface area contributed by atoms with Gasteiger partial charge in [0.2, 0.25) is 5.91 Å². The smallest absolute Gasteiger partial charge is 0.407 e. The van der Waals surface area contributed by atoms with Crippen LogP contribution in [0.2, 0.25) is 0 Å². The van der Waals surface area contributed by atoms with Crippen molar-refractivity contribution in [3.63, 3.8) is 0 Å². The average molecular weight is 318 g/mol. The number of hydrogen-bond acceptors (Lipinski definition) is 3. The van der Waals surface area contributed by atoms with E-state index >= 15 is 0 Å². The Balaban J connectivity index is 1.12. The quantitative estimate of drug-likeness (QED) is 0.850. The second-order valence-corrected chi connectivity index (χ2v) is 8.97. The minimum atomic E-state index is -0.327. The second kappa shape index (κ2) is 4.64. The van der Waals surface area contributed by atoms with E-state index in [4.69, 9.17) is 4.74 Å². The Kier molecular flexibility index (Phi) is 2.85. The third kappa shape index (κ3) is 2.11. The Labute approximate surface area is 137 Å². The van der Waals surface area contributed by atoms with Gasteiger partial charge in [0.1, 0.15) is 6.61 Å². The maximum Gasteiger partial charge on any atom is 0.407 e. The summed E-state index contributed by atoms with van der Waals surface area (Å²) in [6, 6.07) is 0. The van der Waals surface area contributed by atoms with Gasteiger partial charge in [0.15, 0.2) is 0 Å². The number of cyclic esters (lactones) is 1. The number of amides is 2. The molecule has 3 saturated carbocycles. The van der Waals surface area contributed by atoms with E-state index in [2.05, 4.69) is 10.2 Å². The van der Waals surface area contributed by atoms with Crippen molar-refractivity contribution in [3.8, 4) is 0 Å². The molecule has 5 rings (SSSR count). The molecule has 0 aromatic carbocycles. The van der Waals surface area contributed by atoms with Crippen LogP contribution in [0.1, 0.15) is 51.4 Å². The maximum absolute atomic E-state index is 12.6. The van der Waals surface area contributed by atoms with Crippen LogP contribution in [-0.2, 0) is 9.53 Å². The van der Waals surface area contributed by atoms with Gasteiger partial charge in [-0.2, -0.15) is 0 Å². The summed E-state index contributed by atoms with van der Waals surface area (Å²) in [4.78, 5) is 25.9. The largest absolute Gasteiger partial charge is 0.447 e. The first-order valence-corrected chi connectivity index (χ1v) is 9.30. The Hall–Kier alpha value is -1.26. The van der Waals surface area contributed by atoms with Crippen LogP contribution in [0.4, 0.5) is 4.79 Å². The number of likely N-dealkylation sites (tertiary alicyclic amines) is 1. The number of carbonyl (C=O) groups excluding carboxylic acids is 2. The van der Waals surface area contributed by atoms with Crippen molar-refractivity contribution < 1.29 is 14.3 Å². The molecule has 0 bridgehead atoms. The van der Waals surface area contributed by atoms with Crippen LogP contribution in [0, 0.1) is 23.2 Å². The van der Waals surface area contributed by atoms with Crippen LogP contribution in [0.15, 0.2) is 0 Å². The van der Waals surface area contributed by atoms with Crippen LogP contribution in [0.5, 0.6) is 0 Å². The van der Waals surface area contributed by atoms with Gasteiger partial charge in [-0.05, 0) is 43.9 Å². The normalized spacial score (nSPS) is 41.2. The maximum atomic E-state index is 12.6. The molecule has 5 fully saturated rings. The van der Waals surface area contributed by atoms with E-state index in [9.17, 15) is 9.59 Å². The topological polar surface area (TPSA) is 58.6 Å². The van der Waals surface area contributed by atoms with Crippen LogP contribution in [0.25, 0.3) is 0 Å². The standard InChI is InChI=1S/C18H26N2O3/c21-15(14-7-18(8-14)11-23-16(22)19-18)20-9-17(10-20)5-4-13(6-17)12-2-1-3-12/h12-14H,1-11H2,(H,19,22). The zero-order chi connectivity index (χ0) is 15.7. The molecule has 5 aliphatic rings. The van der Waals surface area contributed by atoms with Gasteiger partial charge in [-0.15, -0.1) is 0 Å². The molecular formula is C18H26N2O3. The molecule has 2 aliphatic heterocycles. The van der Waals surface area contributed by atoms with Gasteiger partial charge < -0.3 is 15.0 Å². The van der Waals surface area contributed by atoms with E-state index in [1.165, 1.54) is 38.5 Å². The SMILES string of the molecule is O=C1NC2(CO1)CC(C(=O)N1CC3(CCC(C4CCC4)C3)C1)C2. The molecule has 126 valence electrons. The summed E-state index contributed by atoms with van der Waals surface area (Å²) in [6.07, 6.45) is 9.59. The lowest BCUT2D eigenvalue weighted by Crippen LogP contribution is -2.63. The Morgan fingerprint density at radius 3 is 2.52 bits per heavy atom. The summed E-state index contributed by atoms with van der Waals surface area (Å²) in [7, 11) is 0. The van der Waals surface area contributed by atoms with Gasteiger partial charge in [0.25, 0.3) is 0 Å². The lowest BCUT2D eigenvalue weighted by molar-refractivity contribution is -0.153. The van der Waals surface area contributed by atoms with Gasteiger partial charge in [-0.25, -0.2) is 4.79 Å². The molecule has 1 atom stereocenters. The number of hydrogen-bond donors (Lipinski definition) is 1. The summed E-state index contributed by atoms with van der Waals surface area (Å²) < 4.78 is 4.99. The van der Waals surface area contributed by atoms with E-state index in [0.29, 0.717) is 17.9 Å². The second-order valence-electron chi connectivity index (χ2n) is 8.97. The number of carbonyl (C=O) groups is 2. The first-order chi connectivity index (χ1) is 11.1. The number of nitrogens with zero attached hydrogens (tertiary/aromatic N) is 1. The highest BCUT2D eigenvalue weighted by atomic mass is 16.6. The summed E-state index contributed by atoms with van der Waals surface area (Å²) >= 11 is 0. The molecule has 0 aromatic rings. The molecule has 2 saturated heterocycles. The molecule has 5 nitrogen and oxygen atoms in total. The molecule has 0 radical (unpaired) electrons. The average Bonchev–Trinajstić information content (AvgIpc) is 2.97. The predicted octanol–water partition coefficient (Wildman–Crippen LogP) is 2.30. The van der Waals surface area contributed by atoms with Gasteiger partial charge in [-0.1, -0.05) is 19.3 Å². The first kappa shape index (κ1) is 14.1. The van der Waals surface area contributed by atoms with Crippen molar-refractivity contribution in [1.29, 1.82) is 0 Å². The fourth-order valence-corrected chi connectivity index (χ4v) is 5.80. The monoisotopic (exact) mass is 318 g/mol. The zero-order valence-corrected chi connectivity index (χ0v) is 13.7. The van der Waals surface area contributed by atoms with Crippen molar-refractivity contribution in [2.24, 2.45) is 23.2 Å². The third-order valence-corrected chi connectivity index (χ3v) is 7.39. The minimum absolute atomic E-state index is 0.0955. The van der Waals surface area contributed by atoms with E-state index in [1.807, 2.05) is 0 Å². The Morgan fingerprint density at radius 2 is 1.91 bits per heavy atom. The van der Waals surface area contributed by atoms with Crippen molar-refractivity contribution in [2.75, 3.05) is 19.7 Å². The molecule has 2 heterocycles. The molecule has 23 heavy (non-hydrogen) atoms. The van der Waals surface area contributed by atoms with Crippen molar-refractivity contribution in [2.45, 2.75) is 56.9 Å². The predicted molar refractivity (Wildman–Crippen MR) is 83.6 cm³/mol. The van der Waals surface area contributed by atoms with Crippen LogP contribution in [0.3, 0.4) is 0 Å². The van der Waals surface area contributed by atoms with Gasteiger partial charge in [-0.3, -0.25) is 4.79 Å². The van der Waals surface area contributed by atoms with Crippen molar-refractivity contribution >= 4 is 12.0 Å². The van der Waals surface area contributed by atoms with E-state index in [-0.39, 0.29) is 17.6 Å². The van der Waals surface area contributed by atoms with E-state index in [1.54, 1.807) is 0 Å². The van der Waals surface area contributed by atoms with Gasteiger partial charge in [0, 0.05) is 24.4 Å². The summed E-state index contributed by atoms with van der Waals surface area (Å²) in [5.74, 6) is 2.35. The van der Waals surface area contributed by atoms with Gasteiger partial charge in [0.05, 0.1) is 5.54 Å². The highest BCUT2D eigenvalue weighted by molar-refractivity contribution is 5.82. The number of rotatable bonds is 2. The summed E-state index contributed by atoms with van der Waals surface area (Å²) in [6.45, 7) is 2.41. The number of ether oxygens (including phenoxy) is 1. The molecule has 0 aromatic heterocycles. The molecule has 3 aliphatic carbocycles. The fraction of sp³-hybridized carbons (Fsp3) is 0.889. The van der Waals surface area contributed by atoms with Crippen LogP contribution >= 0.6 is 0 Å². The zero-order valence-electron chi connectivity index (χ0n) is 13.7. The minimum Gasteiger partial charge on any atom is -0.447 e. The highest BCUT2D eigenvalue weighted by Crippen LogP contribution is 2.54. The van der Waals surface area contributed by atoms with E-state index < -0.39 is 0 Å². The fourth-order valence-electron chi connectivity index (χ4n) is 5.80. The third-order valence-electron chi connectivity index (χ3n) is 7.39. The number of alkyl carbamates (subject to hydrolysis) is 1. The highest BCUT2D eigenvalue weighted by Gasteiger charge is 2.57. The van der Waals surface area contributed by atoms with Crippen molar-refractivity contribution in [1.82, 2.24) is 10.2 Å².